The molecule has 0 spiro atoms. The summed E-state index contributed by atoms with van der Waals surface area (Å²) in [5.74, 6) is 0.200. The summed E-state index contributed by atoms with van der Waals surface area (Å²) in [6.07, 6.45) is 2.73. The van der Waals surface area contributed by atoms with Gasteiger partial charge in [0.2, 0.25) is 0 Å². The zero-order valence-electron chi connectivity index (χ0n) is 11.2. The second-order valence-corrected chi connectivity index (χ2v) is 4.69. The highest BCUT2D eigenvalue weighted by Gasteiger charge is 2.15. The van der Waals surface area contributed by atoms with Gasteiger partial charge in [-0.15, -0.1) is 0 Å². The van der Waals surface area contributed by atoms with E-state index < -0.39 is 0 Å². The summed E-state index contributed by atoms with van der Waals surface area (Å²) in [6, 6.07) is 14.2. The zero-order valence-corrected chi connectivity index (χ0v) is 11.2. The Hall–Kier alpha value is -2.21. The Labute approximate surface area is 113 Å². The summed E-state index contributed by atoms with van der Waals surface area (Å²) in [6.45, 7) is 4.38. The van der Waals surface area contributed by atoms with Crippen LogP contribution in [0.3, 0.4) is 0 Å². The normalized spacial score (nSPS) is 13.5. The fourth-order valence-electron chi connectivity index (χ4n) is 2.03. The number of benzene rings is 1. The Morgan fingerprint density at radius 2 is 1.84 bits per heavy atom. The monoisotopic (exact) mass is 251 g/mol. The Kier molecular flexibility index (Phi) is 4.25. The van der Waals surface area contributed by atoms with Gasteiger partial charge in [0.1, 0.15) is 5.92 Å². The molecule has 0 radical (unpaired) electrons. The van der Waals surface area contributed by atoms with Crippen molar-refractivity contribution in [1.29, 1.82) is 5.26 Å². The molecule has 1 aromatic carbocycles. The first-order valence-corrected chi connectivity index (χ1v) is 6.53. The van der Waals surface area contributed by atoms with Crippen LogP contribution in [0.15, 0.2) is 42.6 Å². The molecule has 0 aliphatic rings. The second kappa shape index (κ2) is 6.10. The van der Waals surface area contributed by atoms with Crippen molar-refractivity contribution in [3.05, 3.63) is 59.4 Å². The molecule has 0 aliphatic heterocycles. The van der Waals surface area contributed by atoms with E-state index in [0.29, 0.717) is 11.6 Å². The lowest BCUT2D eigenvalue weighted by atomic mass is 9.92. The maximum atomic E-state index is 9.34. The molecule has 2 unspecified atom stereocenters. The van der Waals surface area contributed by atoms with Crippen LogP contribution < -0.4 is 0 Å². The van der Waals surface area contributed by atoms with E-state index in [1.165, 1.54) is 5.56 Å². The lowest BCUT2D eigenvalue weighted by Gasteiger charge is -2.12. The van der Waals surface area contributed by atoms with Crippen molar-refractivity contribution in [2.24, 2.45) is 0 Å². The molecule has 0 bridgehead atoms. The Morgan fingerprint density at radius 1 is 1.16 bits per heavy atom. The first-order valence-electron chi connectivity index (χ1n) is 6.53. The molecule has 0 saturated heterocycles. The standard InChI is InChI=1S/C16H17N3/c1-3-12(2)13-6-8-14(9-7-13)15(11-17)16-5-4-10-18-19-16/h4-10,12,15H,3H2,1-2H3. The van der Waals surface area contributed by atoms with Gasteiger partial charge in [-0.2, -0.15) is 15.5 Å². The molecule has 0 N–H and O–H groups in total. The number of aromatic nitrogens is 2. The van der Waals surface area contributed by atoms with Crippen molar-refractivity contribution >= 4 is 0 Å². The number of hydrogen-bond donors (Lipinski definition) is 0. The average molecular weight is 251 g/mol. The summed E-state index contributed by atoms with van der Waals surface area (Å²) in [5.41, 5.74) is 2.97. The van der Waals surface area contributed by atoms with Gasteiger partial charge in [0.05, 0.1) is 11.8 Å². The topological polar surface area (TPSA) is 49.6 Å². The van der Waals surface area contributed by atoms with Gasteiger partial charge in [-0.3, -0.25) is 0 Å². The quantitative estimate of drug-likeness (QED) is 0.833. The van der Waals surface area contributed by atoms with Gasteiger partial charge in [0, 0.05) is 6.20 Å². The molecule has 2 atom stereocenters. The van der Waals surface area contributed by atoms with Gasteiger partial charge in [0.15, 0.2) is 0 Å². The van der Waals surface area contributed by atoms with Crippen molar-refractivity contribution in [3.63, 3.8) is 0 Å². The number of rotatable bonds is 4. The Balaban J connectivity index is 2.28. The third-order valence-electron chi connectivity index (χ3n) is 3.47. The molecule has 2 aromatic rings. The molecule has 0 amide bonds. The van der Waals surface area contributed by atoms with E-state index in [9.17, 15) is 5.26 Å². The molecule has 0 saturated carbocycles. The van der Waals surface area contributed by atoms with Crippen molar-refractivity contribution in [2.45, 2.75) is 32.1 Å². The highest BCUT2D eigenvalue weighted by molar-refractivity contribution is 5.36. The first kappa shape index (κ1) is 13.2. The summed E-state index contributed by atoms with van der Waals surface area (Å²) >= 11 is 0. The van der Waals surface area contributed by atoms with Gasteiger partial charge in [-0.05, 0) is 35.6 Å². The largest absolute Gasteiger partial charge is 0.197 e. The van der Waals surface area contributed by atoms with E-state index in [4.69, 9.17) is 0 Å². The van der Waals surface area contributed by atoms with Crippen LogP contribution in [0.5, 0.6) is 0 Å². The van der Waals surface area contributed by atoms with Crippen LogP contribution in [0.1, 0.15) is 48.9 Å². The molecule has 3 nitrogen and oxygen atoms in total. The highest BCUT2D eigenvalue weighted by atomic mass is 15.1. The van der Waals surface area contributed by atoms with Crippen LogP contribution in [0.4, 0.5) is 0 Å². The van der Waals surface area contributed by atoms with Gasteiger partial charge in [0.25, 0.3) is 0 Å². The van der Waals surface area contributed by atoms with Crippen LogP contribution in [-0.4, -0.2) is 10.2 Å². The van der Waals surface area contributed by atoms with Crippen LogP contribution in [0.2, 0.25) is 0 Å². The van der Waals surface area contributed by atoms with Gasteiger partial charge in [-0.1, -0.05) is 38.1 Å². The van der Waals surface area contributed by atoms with Crippen LogP contribution in [0, 0.1) is 11.3 Å². The molecule has 0 fully saturated rings. The van der Waals surface area contributed by atoms with Gasteiger partial charge >= 0.3 is 0 Å². The van der Waals surface area contributed by atoms with Crippen molar-refractivity contribution in [3.8, 4) is 6.07 Å². The molecule has 1 heterocycles. The summed E-state index contributed by atoms with van der Waals surface area (Å²) < 4.78 is 0. The molecule has 19 heavy (non-hydrogen) atoms. The SMILES string of the molecule is CCC(C)c1ccc(C(C#N)c2cccnn2)cc1. The van der Waals surface area contributed by atoms with Crippen molar-refractivity contribution < 1.29 is 0 Å². The fraction of sp³-hybridized carbons (Fsp3) is 0.312. The molecule has 3 heteroatoms. The third-order valence-corrected chi connectivity index (χ3v) is 3.47. The van der Waals surface area contributed by atoms with Crippen molar-refractivity contribution in [2.75, 3.05) is 0 Å². The summed E-state index contributed by atoms with van der Waals surface area (Å²) in [5, 5.41) is 17.2. The van der Waals surface area contributed by atoms with Gasteiger partial charge < -0.3 is 0 Å². The lowest BCUT2D eigenvalue weighted by molar-refractivity contribution is 0.732. The molecule has 0 aliphatic carbocycles. The Morgan fingerprint density at radius 3 is 2.37 bits per heavy atom. The van der Waals surface area contributed by atoms with E-state index in [1.54, 1.807) is 12.3 Å². The predicted molar refractivity (Wildman–Crippen MR) is 74.6 cm³/mol. The van der Waals surface area contributed by atoms with E-state index in [-0.39, 0.29) is 5.92 Å². The smallest absolute Gasteiger partial charge is 0.115 e. The third kappa shape index (κ3) is 2.97. The van der Waals surface area contributed by atoms with E-state index in [2.05, 4.69) is 42.2 Å². The van der Waals surface area contributed by atoms with E-state index in [1.807, 2.05) is 18.2 Å². The molecular weight excluding hydrogens is 234 g/mol. The molecule has 1 aromatic heterocycles. The summed E-state index contributed by atoms with van der Waals surface area (Å²) in [4.78, 5) is 0. The maximum absolute atomic E-state index is 9.34. The number of hydrogen-bond acceptors (Lipinski definition) is 3. The number of nitrogens with zero attached hydrogens (tertiary/aromatic N) is 3. The second-order valence-electron chi connectivity index (χ2n) is 4.69. The van der Waals surface area contributed by atoms with Gasteiger partial charge in [-0.25, -0.2) is 0 Å². The maximum Gasteiger partial charge on any atom is 0.115 e. The molecular formula is C16H17N3. The summed E-state index contributed by atoms with van der Waals surface area (Å²) in [7, 11) is 0. The van der Waals surface area contributed by atoms with E-state index in [0.717, 1.165) is 12.0 Å². The first-order chi connectivity index (χ1) is 9.26. The minimum Gasteiger partial charge on any atom is -0.197 e. The fourth-order valence-corrected chi connectivity index (χ4v) is 2.03. The average Bonchev–Trinajstić information content (AvgIpc) is 2.49. The van der Waals surface area contributed by atoms with Crippen LogP contribution >= 0.6 is 0 Å². The zero-order chi connectivity index (χ0) is 13.7. The van der Waals surface area contributed by atoms with E-state index >= 15 is 0 Å². The minimum atomic E-state index is -0.348. The molecule has 96 valence electrons. The lowest BCUT2D eigenvalue weighted by Crippen LogP contribution is -2.02. The highest BCUT2D eigenvalue weighted by Crippen LogP contribution is 2.25. The van der Waals surface area contributed by atoms with Crippen molar-refractivity contribution in [1.82, 2.24) is 10.2 Å². The Bertz CT molecular complexity index is 555. The minimum absolute atomic E-state index is 0.348. The van der Waals surface area contributed by atoms with Crippen LogP contribution in [-0.2, 0) is 0 Å². The molecule has 2 rings (SSSR count). The van der Waals surface area contributed by atoms with Crippen LogP contribution in [0.25, 0.3) is 0 Å². The predicted octanol–water partition coefficient (Wildman–Crippen LogP) is 3.65. The number of nitriles is 1.